The molecular weight excluding hydrogens is 374 g/mol. The highest BCUT2D eigenvalue weighted by molar-refractivity contribution is 5.76. The molecule has 0 aliphatic rings. The van der Waals surface area contributed by atoms with Crippen molar-refractivity contribution in [1.82, 2.24) is 24.9 Å². The highest BCUT2D eigenvalue weighted by atomic mass is 16.5. The normalized spacial score (nSPS) is 10.8. The Bertz CT molecular complexity index is 1010. The molecule has 1 aromatic carbocycles. The van der Waals surface area contributed by atoms with Crippen molar-refractivity contribution < 1.29 is 19.4 Å². The Kier molecular flexibility index (Phi) is 6.38. The molecule has 9 nitrogen and oxygen atoms in total. The van der Waals surface area contributed by atoms with Crippen LogP contribution >= 0.6 is 0 Å². The first-order chi connectivity index (χ1) is 13.9. The summed E-state index contributed by atoms with van der Waals surface area (Å²) in [5.41, 5.74) is 3.85. The van der Waals surface area contributed by atoms with Crippen molar-refractivity contribution in [3.8, 4) is 5.75 Å². The Morgan fingerprint density at radius 3 is 2.66 bits per heavy atom. The highest BCUT2D eigenvalue weighted by Gasteiger charge is 2.12. The minimum atomic E-state index is -1.01. The van der Waals surface area contributed by atoms with E-state index in [-0.39, 0.29) is 12.5 Å². The molecule has 1 amide bonds. The molecule has 0 radical (unpaired) electrons. The monoisotopic (exact) mass is 397 g/mol. The van der Waals surface area contributed by atoms with Gasteiger partial charge in [-0.2, -0.15) is 10.1 Å². The summed E-state index contributed by atoms with van der Waals surface area (Å²) in [5.74, 6) is 0.0273. The van der Waals surface area contributed by atoms with Crippen LogP contribution in [0.5, 0.6) is 5.75 Å². The average Bonchev–Trinajstić information content (AvgIpc) is 3.15. The van der Waals surface area contributed by atoms with Crippen molar-refractivity contribution in [2.45, 2.75) is 33.1 Å². The van der Waals surface area contributed by atoms with E-state index in [9.17, 15) is 9.59 Å². The molecule has 0 fully saturated rings. The van der Waals surface area contributed by atoms with Crippen LogP contribution in [0.2, 0.25) is 0 Å². The van der Waals surface area contributed by atoms with Crippen LogP contribution in [0.15, 0.2) is 30.6 Å². The number of carboxylic acid groups (broad SMARTS) is 1. The van der Waals surface area contributed by atoms with E-state index in [1.807, 2.05) is 26.0 Å². The fraction of sp³-hybridized carbons (Fsp3) is 0.350. The number of hydrogen-bond acceptors (Lipinski definition) is 6. The fourth-order valence-electron chi connectivity index (χ4n) is 3.09. The van der Waals surface area contributed by atoms with Crippen LogP contribution in [0.25, 0.3) is 5.78 Å². The first-order valence-electron chi connectivity index (χ1n) is 9.30. The van der Waals surface area contributed by atoms with Crippen LogP contribution in [0, 0.1) is 13.8 Å². The molecule has 0 atom stereocenters. The van der Waals surface area contributed by atoms with Crippen molar-refractivity contribution in [2.24, 2.45) is 0 Å². The molecule has 0 saturated heterocycles. The van der Waals surface area contributed by atoms with E-state index in [0.717, 1.165) is 22.5 Å². The van der Waals surface area contributed by atoms with Gasteiger partial charge in [-0.1, -0.05) is 12.1 Å². The van der Waals surface area contributed by atoms with Gasteiger partial charge in [0, 0.05) is 24.4 Å². The number of aromatic nitrogens is 4. The Morgan fingerprint density at radius 2 is 1.93 bits per heavy atom. The van der Waals surface area contributed by atoms with Crippen molar-refractivity contribution in [3.05, 3.63) is 53.1 Å². The molecule has 2 N–H and O–H groups in total. The van der Waals surface area contributed by atoms with Crippen LogP contribution in [0.1, 0.15) is 28.9 Å². The Labute approximate surface area is 167 Å². The lowest BCUT2D eigenvalue weighted by Crippen LogP contribution is -2.26. The van der Waals surface area contributed by atoms with Gasteiger partial charge in [-0.05, 0) is 49.9 Å². The summed E-state index contributed by atoms with van der Waals surface area (Å²) in [6, 6.07) is 7.15. The molecule has 0 bridgehead atoms. The quantitative estimate of drug-likeness (QED) is 0.561. The Hall–Kier alpha value is -3.49. The number of rotatable bonds is 9. The van der Waals surface area contributed by atoms with E-state index < -0.39 is 5.97 Å². The van der Waals surface area contributed by atoms with E-state index in [1.54, 1.807) is 16.6 Å². The van der Waals surface area contributed by atoms with Gasteiger partial charge in [-0.25, -0.2) is 14.3 Å². The number of aryl methyl sites for hydroxylation is 2. The molecule has 29 heavy (non-hydrogen) atoms. The third-order valence-electron chi connectivity index (χ3n) is 4.61. The standard InChI is InChI=1S/C20H23N5O4/c1-13-17(14(2)25-20(24-13)22-12-23-25)7-8-18(26)21-10-9-15-3-5-16(6-4-15)29-11-19(27)28/h3-6,12H,7-11H2,1-2H3,(H,21,26)(H,27,28). The van der Waals surface area contributed by atoms with Gasteiger partial charge >= 0.3 is 5.97 Å². The average molecular weight is 397 g/mol. The smallest absolute Gasteiger partial charge is 0.341 e. The van der Waals surface area contributed by atoms with E-state index in [4.69, 9.17) is 9.84 Å². The number of ether oxygens (including phenoxy) is 1. The Balaban J connectivity index is 1.45. The maximum Gasteiger partial charge on any atom is 0.341 e. The summed E-state index contributed by atoms with van der Waals surface area (Å²) in [6.07, 6.45) is 3.10. The summed E-state index contributed by atoms with van der Waals surface area (Å²) in [7, 11) is 0. The molecule has 0 aliphatic heterocycles. The highest BCUT2D eigenvalue weighted by Crippen LogP contribution is 2.15. The molecule has 152 valence electrons. The maximum atomic E-state index is 12.2. The zero-order chi connectivity index (χ0) is 20.8. The summed E-state index contributed by atoms with van der Waals surface area (Å²) >= 11 is 0. The molecular formula is C20H23N5O4. The van der Waals surface area contributed by atoms with Crippen LogP contribution in [-0.4, -0.2) is 49.7 Å². The minimum absolute atomic E-state index is 0.0242. The number of nitrogens with one attached hydrogen (secondary N) is 1. The molecule has 0 unspecified atom stereocenters. The second kappa shape index (κ2) is 9.13. The number of carbonyl (C=O) groups is 2. The van der Waals surface area contributed by atoms with Gasteiger partial charge in [0.1, 0.15) is 12.1 Å². The minimum Gasteiger partial charge on any atom is -0.482 e. The van der Waals surface area contributed by atoms with Crippen molar-refractivity contribution >= 4 is 17.7 Å². The van der Waals surface area contributed by atoms with Crippen LogP contribution in [-0.2, 0) is 22.4 Å². The third-order valence-corrected chi connectivity index (χ3v) is 4.61. The van der Waals surface area contributed by atoms with Crippen molar-refractivity contribution in [1.29, 1.82) is 0 Å². The predicted octanol–water partition coefficient (Wildman–Crippen LogP) is 1.50. The summed E-state index contributed by atoms with van der Waals surface area (Å²) in [5, 5.41) is 15.7. The second-order valence-corrected chi connectivity index (χ2v) is 6.66. The van der Waals surface area contributed by atoms with Crippen molar-refractivity contribution in [2.75, 3.05) is 13.2 Å². The van der Waals surface area contributed by atoms with Crippen molar-refractivity contribution in [3.63, 3.8) is 0 Å². The van der Waals surface area contributed by atoms with Gasteiger partial charge < -0.3 is 15.2 Å². The SMILES string of the molecule is Cc1nc2ncnn2c(C)c1CCC(=O)NCCc1ccc(OCC(=O)O)cc1. The number of benzene rings is 1. The van der Waals surface area contributed by atoms with Gasteiger partial charge in [-0.15, -0.1) is 0 Å². The van der Waals surface area contributed by atoms with Gasteiger partial charge in [-0.3, -0.25) is 4.79 Å². The second-order valence-electron chi connectivity index (χ2n) is 6.66. The van der Waals surface area contributed by atoms with E-state index in [2.05, 4.69) is 20.4 Å². The molecule has 3 aromatic rings. The van der Waals surface area contributed by atoms with Gasteiger partial charge in [0.15, 0.2) is 6.61 Å². The van der Waals surface area contributed by atoms with E-state index >= 15 is 0 Å². The maximum absolute atomic E-state index is 12.2. The van der Waals surface area contributed by atoms with E-state index in [0.29, 0.717) is 37.3 Å². The molecule has 0 saturated carbocycles. The first-order valence-corrected chi connectivity index (χ1v) is 9.30. The Morgan fingerprint density at radius 1 is 1.17 bits per heavy atom. The summed E-state index contributed by atoms with van der Waals surface area (Å²) < 4.78 is 6.78. The molecule has 0 aliphatic carbocycles. The lowest BCUT2D eigenvalue weighted by molar-refractivity contribution is -0.139. The predicted molar refractivity (Wildman–Crippen MR) is 105 cm³/mol. The van der Waals surface area contributed by atoms with Gasteiger partial charge in [0.2, 0.25) is 5.91 Å². The first kappa shape index (κ1) is 20.2. The molecule has 0 spiro atoms. The van der Waals surface area contributed by atoms with Gasteiger partial charge in [0.05, 0.1) is 0 Å². The van der Waals surface area contributed by atoms with Crippen LogP contribution in [0.3, 0.4) is 0 Å². The number of fused-ring (bicyclic) bond motifs is 1. The number of nitrogens with zero attached hydrogens (tertiary/aromatic N) is 4. The van der Waals surface area contributed by atoms with Gasteiger partial charge in [0.25, 0.3) is 5.78 Å². The lowest BCUT2D eigenvalue weighted by atomic mass is 10.1. The number of carbonyl (C=O) groups excluding carboxylic acids is 1. The lowest BCUT2D eigenvalue weighted by Gasteiger charge is -2.11. The number of carboxylic acids is 1. The topological polar surface area (TPSA) is 119 Å². The number of aliphatic carboxylic acids is 1. The molecule has 2 aromatic heterocycles. The number of amides is 1. The summed E-state index contributed by atoms with van der Waals surface area (Å²) in [4.78, 5) is 31.2. The number of hydrogen-bond donors (Lipinski definition) is 2. The third kappa shape index (κ3) is 5.28. The molecule has 2 heterocycles. The fourth-order valence-corrected chi connectivity index (χ4v) is 3.09. The summed E-state index contributed by atoms with van der Waals surface area (Å²) in [6.45, 7) is 4.02. The molecule has 9 heteroatoms. The zero-order valence-corrected chi connectivity index (χ0v) is 16.4. The molecule has 3 rings (SSSR count). The van der Waals surface area contributed by atoms with Crippen LogP contribution < -0.4 is 10.1 Å². The largest absolute Gasteiger partial charge is 0.482 e. The van der Waals surface area contributed by atoms with Crippen LogP contribution in [0.4, 0.5) is 0 Å². The van der Waals surface area contributed by atoms with E-state index in [1.165, 1.54) is 6.33 Å². The zero-order valence-electron chi connectivity index (χ0n) is 16.4.